The second kappa shape index (κ2) is 11.1. The summed E-state index contributed by atoms with van der Waals surface area (Å²) in [5.41, 5.74) is 2.80. The predicted octanol–water partition coefficient (Wildman–Crippen LogP) is 4.56. The summed E-state index contributed by atoms with van der Waals surface area (Å²) < 4.78 is 17.2. The van der Waals surface area contributed by atoms with Crippen LogP contribution in [0.3, 0.4) is 0 Å². The summed E-state index contributed by atoms with van der Waals surface area (Å²) >= 11 is 0. The number of aromatic nitrogens is 2. The van der Waals surface area contributed by atoms with Crippen molar-refractivity contribution in [2.45, 2.75) is 39.7 Å². The van der Waals surface area contributed by atoms with Gasteiger partial charge in [-0.1, -0.05) is 0 Å². The van der Waals surface area contributed by atoms with Crippen LogP contribution in [0.25, 0.3) is 17.1 Å². The Kier molecular flexibility index (Phi) is 7.46. The SMILES string of the molecule is Cc1cc(OCCN2CCCC2)ccc1NC1=C(C(=O)OC(C)C)C(=O)/C(=C/c2c[nH]c3ncccc23)O1. The number of pyridine rings is 1. The first-order valence-electron chi connectivity index (χ1n) is 12.9. The number of aryl methyl sites for hydroxylation is 1. The molecule has 0 spiro atoms. The number of esters is 1. The molecule has 9 heteroatoms. The molecular weight excluding hydrogens is 484 g/mol. The lowest BCUT2D eigenvalue weighted by Gasteiger charge is -2.16. The molecule has 2 N–H and O–H groups in total. The van der Waals surface area contributed by atoms with E-state index in [0.29, 0.717) is 17.9 Å². The number of H-pyrrole nitrogens is 1. The summed E-state index contributed by atoms with van der Waals surface area (Å²) in [7, 11) is 0. The minimum absolute atomic E-state index is 0.0208. The summed E-state index contributed by atoms with van der Waals surface area (Å²) in [5, 5.41) is 3.96. The van der Waals surface area contributed by atoms with E-state index in [4.69, 9.17) is 14.2 Å². The van der Waals surface area contributed by atoms with Crippen molar-refractivity contribution in [3.05, 3.63) is 71.1 Å². The number of ketones is 1. The lowest BCUT2D eigenvalue weighted by atomic mass is 10.1. The number of likely N-dealkylation sites (tertiary alicyclic amines) is 1. The predicted molar refractivity (Wildman–Crippen MR) is 144 cm³/mol. The van der Waals surface area contributed by atoms with Gasteiger partial charge in [-0.2, -0.15) is 0 Å². The van der Waals surface area contributed by atoms with Gasteiger partial charge in [-0.15, -0.1) is 0 Å². The molecule has 2 aliphatic rings. The zero-order valence-corrected chi connectivity index (χ0v) is 21.9. The van der Waals surface area contributed by atoms with Gasteiger partial charge in [-0.25, -0.2) is 9.78 Å². The van der Waals surface area contributed by atoms with Crippen molar-refractivity contribution in [1.82, 2.24) is 14.9 Å². The number of benzene rings is 1. The van der Waals surface area contributed by atoms with Crippen LogP contribution in [0, 0.1) is 6.92 Å². The van der Waals surface area contributed by atoms with Crippen molar-refractivity contribution < 1.29 is 23.8 Å². The Morgan fingerprint density at radius 1 is 1.26 bits per heavy atom. The van der Waals surface area contributed by atoms with E-state index in [1.165, 1.54) is 12.8 Å². The second-order valence-electron chi connectivity index (χ2n) is 9.74. The smallest absolute Gasteiger partial charge is 0.348 e. The van der Waals surface area contributed by atoms with Crippen molar-refractivity contribution in [1.29, 1.82) is 0 Å². The first kappa shape index (κ1) is 25.5. The minimum Gasteiger partial charge on any atom is -0.492 e. The van der Waals surface area contributed by atoms with Crippen LogP contribution in [0.15, 0.2) is 59.9 Å². The van der Waals surface area contributed by atoms with Crippen LogP contribution in [0.2, 0.25) is 0 Å². The van der Waals surface area contributed by atoms with Gasteiger partial charge in [-0.3, -0.25) is 9.69 Å². The highest BCUT2D eigenvalue weighted by atomic mass is 16.5. The summed E-state index contributed by atoms with van der Waals surface area (Å²) in [6.45, 7) is 9.18. The van der Waals surface area contributed by atoms with Gasteiger partial charge < -0.3 is 24.5 Å². The van der Waals surface area contributed by atoms with Crippen molar-refractivity contribution >= 4 is 34.5 Å². The normalized spacial score (nSPS) is 17.1. The van der Waals surface area contributed by atoms with E-state index in [-0.39, 0.29) is 17.2 Å². The fraction of sp³-hybridized carbons (Fsp3) is 0.345. The van der Waals surface area contributed by atoms with Gasteiger partial charge in [0.15, 0.2) is 11.3 Å². The van der Waals surface area contributed by atoms with E-state index in [9.17, 15) is 9.59 Å². The number of fused-ring (bicyclic) bond motifs is 1. The van der Waals surface area contributed by atoms with E-state index >= 15 is 0 Å². The summed E-state index contributed by atoms with van der Waals surface area (Å²) in [6.07, 6.45) is 7.14. The molecule has 2 aliphatic heterocycles. The molecule has 0 bridgehead atoms. The van der Waals surface area contributed by atoms with E-state index in [1.54, 1.807) is 32.3 Å². The molecule has 1 fully saturated rings. The molecule has 1 aromatic carbocycles. The number of hydrogen-bond acceptors (Lipinski definition) is 8. The molecule has 5 rings (SSSR count). The molecular formula is C29H32N4O5. The van der Waals surface area contributed by atoms with Gasteiger partial charge >= 0.3 is 5.97 Å². The van der Waals surface area contributed by atoms with Gasteiger partial charge in [0.05, 0.1) is 6.10 Å². The molecule has 198 valence electrons. The fourth-order valence-corrected chi connectivity index (χ4v) is 4.60. The van der Waals surface area contributed by atoms with Gasteiger partial charge in [-0.05, 0) is 88.7 Å². The van der Waals surface area contributed by atoms with E-state index in [1.807, 2.05) is 37.3 Å². The monoisotopic (exact) mass is 516 g/mol. The van der Waals surface area contributed by atoms with Crippen molar-refractivity contribution in [2.24, 2.45) is 0 Å². The van der Waals surface area contributed by atoms with E-state index in [0.717, 1.165) is 41.9 Å². The van der Waals surface area contributed by atoms with E-state index < -0.39 is 17.9 Å². The second-order valence-corrected chi connectivity index (χ2v) is 9.74. The first-order valence-corrected chi connectivity index (χ1v) is 12.9. The number of carbonyl (C=O) groups is 2. The summed E-state index contributed by atoms with van der Waals surface area (Å²) in [6, 6.07) is 9.34. The quantitative estimate of drug-likeness (QED) is 0.242. The zero-order valence-electron chi connectivity index (χ0n) is 21.9. The van der Waals surface area contributed by atoms with Crippen LogP contribution < -0.4 is 10.1 Å². The zero-order chi connectivity index (χ0) is 26.6. The molecule has 2 aromatic heterocycles. The maximum Gasteiger partial charge on any atom is 0.348 e. The number of Topliss-reactive ketones (excluding diaryl/α,β-unsaturated/α-hetero) is 1. The third-order valence-corrected chi connectivity index (χ3v) is 6.53. The highest BCUT2D eigenvalue weighted by Crippen LogP contribution is 2.32. The van der Waals surface area contributed by atoms with Gasteiger partial charge in [0.25, 0.3) is 0 Å². The van der Waals surface area contributed by atoms with Gasteiger partial charge in [0.2, 0.25) is 11.7 Å². The number of nitrogens with one attached hydrogen (secondary N) is 2. The molecule has 1 saturated heterocycles. The topological polar surface area (TPSA) is 106 Å². The van der Waals surface area contributed by atoms with Crippen LogP contribution in [-0.4, -0.2) is 59.0 Å². The Balaban J connectivity index is 1.36. The van der Waals surface area contributed by atoms with Crippen LogP contribution in [0.5, 0.6) is 5.75 Å². The molecule has 3 aromatic rings. The molecule has 0 amide bonds. The van der Waals surface area contributed by atoms with Crippen LogP contribution in [-0.2, 0) is 19.1 Å². The number of aromatic amines is 1. The van der Waals surface area contributed by atoms with Crippen molar-refractivity contribution in [3.63, 3.8) is 0 Å². The minimum atomic E-state index is -0.740. The number of rotatable bonds is 9. The van der Waals surface area contributed by atoms with Gasteiger partial charge in [0, 0.05) is 35.6 Å². The molecule has 0 atom stereocenters. The molecule has 9 nitrogen and oxygen atoms in total. The molecule has 0 saturated carbocycles. The summed E-state index contributed by atoms with van der Waals surface area (Å²) in [5.74, 6) is -0.465. The Hall–Kier alpha value is -4.11. The fourth-order valence-electron chi connectivity index (χ4n) is 4.60. The standard InChI is InChI=1S/C29H32N4O5/c1-18(2)37-29(35)25-26(34)24(16-20-17-31-27-22(20)7-6-10-30-27)38-28(25)32-23-9-8-21(15-19(23)3)36-14-13-33-11-4-5-12-33/h6-10,15-18,32H,4-5,11-14H2,1-3H3,(H,30,31)/b24-16-. The maximum absolute atomic E-state index is 13.3. The number of anilines is 1. The number of ether oxygens (including phenoxy) is 3. The van der Waals surface area contributed by atoms with Crippen molar-refractivity contribution in [2.75, 3.05) is 31.6 Å². The largest absolute Gasteiger partial charge is 0.492 e. The summed E-state index contributed by atoms with van der Waals surface area (Å²) in [4.78, 5) is 36.0. The van der Waals surface area contributed by atoms with Crippen LogP contribution in [0.1, 0.15) is 37.8 Å². The number of allylic oxidation sites excluding steroid dienone is 1. The molecule has 4 heterocycles. The number of nitrogens with zero attached hydrogens (tertiary/aromatic N) is 2. The first-order chi connectivity index (χ1) is 18.4. The third kappa shape index (κ3) is 5.57. The Morgan fingerprint density at radius 3 is 2.84 bits per heavy atom. The third-order valence-electron chi connectivity index (χ3n) is 6.53. The number of carbonyl (C=O) groups excluding carboxylic acids is 2. The van der Waals surface area contributed by atoms with Gasteiger partial charge in [0.1, 0.15) is 18.0 Å². The molecule has 38 heavy (non-hydrogen) atoms. The van der Waals surface area contributed by atoms with E-state index in [2.05, 4.69) is 20.2 Å². The average Bonchev–Trinajstić information content (AvgIpc) is 3.61. The Labute approximate surface area is 221 Å². The highest BCUT2D eigenvalue weighted by molar-refractivity contribution is 6.27. The lowest BCUT2D eigenvalue weighted by Crippen LogP contribution is -2.25. The number of hydrogen-bond donors (Lipinski definition) is 2. The maximum atomic E-state index is 13.3. The Bertz CT molecular complexity index is 1420. The van der Waals surface area contributed by atoms with Crippen molar-refractivity contribution in [3.8, 4) is 5.75 Å². The molecule has 0 aliphatic carbocycles. The molecule has 0 radical (unpaired) electrons. The lowest BCUT2D eigenvalue weighted by molar-refractivity contribution is -0.143. The van der Waals surface area contributed by atoms with Crippen LogP contribution >= 0.6 is 0 Å². The Morgan fingerprint density at radius 2 is 2.08 bits per heavy atom. The van der Waals surface area contributed by atoms with Crippen LogP contribution in [0.4, 0.5) is 5.69 Å². The average molecular weight is 517 g/mol. The molecule has 0 unspecified atom stereocenters. The highest BCUT2D eigenvalue weighted by Gasteiger charge is 2.37.